The smallest absolute Gasteiger partial charge is 0.285 e. The van der Waals surface area contributed by atoms with Crippen LogP contribution in [0.15, 0.2) is 81.9 Å². The quantitative estimate of drug-likeness (QED) is 0.354. The number of nitrogens with zero attached hydrogens (tertiary/aromatic N) is 4. The fourth-order valence-corrected chi connectivity index (χ4v) is 5.27. The standard InChI is InChI=1S/C26H26N4O5S/c1-17-9-12-19(13-10-17)36(33,34)30(22-15-18(2)11-14-23(22)35-4)16-24(31)27-28-25-20-7-5-6-8-21(20)29(3)26(25)32/h5-15,32H,16H2,1-4H3. The van der Waals surface area contributed by atoms with Crippen LogP contribution < -0.4 is 9.04 Å². The molecule has 0 saturated heterocycles. The van der Waals surface area contributed by atoms with E-state index in [9.17, 15) is 18.3 Å². The van der Waals surface area contributed by atoms with Gasteiger partial charge in [-0.25, -0.2) is 8.42 Å². The highest BCUT2D eigenvalue weighted by atomic mass is 32.2. The van der Waals surface area contributed by atoms with Crippen LogP contribution in [-0.4, -0.2) is 37.7 Å². The molecule has 1 aromatic heterocycles. The fourth-order valence-electron chi connectivity index (χ4n) is 3.85. The van der Waals surface area contributed by atoms with Crippen LogP contribution in [0, 0.1) is 13.8 Å². The summed E-state index contributed by atoms with van der Waals surface area (Å²) in [5, 5.41) is 18.8. The minimum absolute atomic E-state index is 0.0214. The van der Waals surface area contributed by atoms with Crippen molar-refractivity contribution in [3.63, 3.8) is 0 Å². The lowest BCUT2D eigenvalue weighted by atomic mass is 10.2. The number of fused-ring (bicyclic) bond motifs is 1. The molecule has 0 saturated carbocycles. The molecule has 0 bridgehead atoms. The van der Waals surface area contributed by atoms with Gasteiger partial charge in [0.1, 0.15) is 12.3 Å². The topological polar surface area (TPSA) is 114 Å². The summed E-state index contributed by atoms with van der Waals surface area (Å²) in [6.45, 7) is 3.04. The number of aromatic hydroxyl groups is 1. The van der Waals surface area contributed by atoms with Crippen LogP contribution in [0.25, 0.3) is 10.9 Å². The van der Waals surface area contributed by atoms with Gasteiger partial charge >= 0.3 is 0 Å². The van der Waals surface area contributed by atoms with Crippen molar-refractivity contribution in [1.29, 1.82) is 0 Å². The number of hydrogen-bond acceptors (Lipinski definition) is 6. The van der Waals surface area contributed by atoms with Gasteiger partial charge in [0.2, 0.25) is 5.88 Å². The number of aromatic nitrogens is 1. The second-order valence-electron chi connectivity index (χ2n) is 8.34. The van der Waals surface area contributed by atoms with Crippen molar-refractivity contribution in [3.8, 4) is 11.6 Å². The molecule has 10 heteroatoms. The normalized spacial score (nSPS) is 11.8. The number of para-hydroxylation sites is 1. The zero-order valence-corrected chi connectivity index (χ0v) is 21.2. The van der Waals surface area contributed by atoms with Crippen LogP contribution in [-0.2, 0) is 21.9 Å². The van der Waals surface area contributed by atoms with E-state index in [0.29, 0.717) is 10.9 Å². The average molecular weight is 507 g/mol. The third kappa shape index (κ3) is 4.67. The van der Waals surface area contributed by atoms with Crippen LogP contribution in [0.3, 0.4) is 0 Å². The number of sulfonamides is 1. The lowest BCUT2D eigenvalue weighted by Crippen LogP contribution is -2.35. The molecular formula is C26H26N4O5S. The number of anilines is 1. The molecule has 0 aliphatic carbocycles. The number of hydrogen-bond donors (Lipinski definition) is 1. The van der Waals surface area contributed by atoms with Gasteiger partial charge in [-0.2, -0.15) is 0 Å². The Morgan fingerprint density at radius 3 is 2.39 bits per heavy atom. The van der Waals surface area contributed by atoms with Crippen LogP contribution in [0.4, 0.5) is 11.4 Å². The third-order valence-electron chi connectivity index (χ3n) is 5.80. The molecule has 186 valence electrons. The number of amides is 1. The summed E-state index contributed by atoms with van der Waals surface area (Å²) in [7, 11) is -1.07. The molecule has 0 aliphatic heterocycles. The maximum absolute atomic E-state index is 13.7. The third-order valence-corrected chi connectivity index (χ3v) is 7.58. The first-order chi connectivity index (χ1) is 17.1. The summed E-state index contributed by atoms with van der Waals surface area (Å²) in [4.78, 5) is 13.0. The Hall–Kier alpha value is -4.18. The number of aryl methyl sites for hydroxylation is 3. The van der Waals surface area contributed by atoms with Gasteiger partial charge < -0.3 is 14.4 Å². The highest BCUT2D eigenvalue weighted by Crippen LogP contribution is 2.38. The van der Waals surface area contributed by atoms with Crippen molar-refractivity contribution in [2.45, 2.75) is 18.7 Å². The van der Waals surface area contributed by atoms with E-state index in [1.165, 1.54) is 23.8 Å². The number of ether oxygens (including phenoxy) is 1. The van der Waals surface area contributed by atoms with Crippen molar-refractivity contribution in [2.24, 2.45) is 17.3 Å². The van der Waals surface area contributed by atoms with Gasteiger partial charge in [0.05, 0.1) is 23.2 Å². The summed E-state index contributed by atoms with van der Waals surface area (Å²) in [5.74, 6) is -0.688. The number of methoxy groups -OCH3 is 1. The second kappa shape index (κ2) is 9.82. The monoisotopic (exact) mass is 506 g/mol. The molecule has 3 aromatic carbocycles. The molecule has 4 rings (SSSR count). The molecule has 1 heterocycles. The molecule has 0 fully saturated rings. The average Bonchev–Trinajstić information content (AvgIpc) is 3.11. The maximum atomic E-state index is 13.7. The molecule has 0 radical (unpaired) electrons. The van der Waals surface area contributed by atoms with E-state index in [1.54, 1.807) is 55.6 Å². The summed E-state index contributed by atoms with van der Waals surface area (Å²) in [6, 6.07) is 18.5. The molecule has 0 unspecified atom stereocenters. The van der Waals surface area contributed by atoms with E-state index in [1.807, 2.05) is 19.9 Å². The van der Waals surface area contributed by atoms with Crippen molar-refractivity contribution in [3.05, 3.63) is 77.9 Å². The number of rotatable bonds is 7. The molecule has 4 aromatic rings. The Bertz CT molecular complexity index is 1570. The maximum Gasteiger partial charge on any atom is 0.285 e. The first-order valence-corrected chi connectivity index (χ1v) is 12.5. The van der Waals surface area contributed by atoms with Crippen LogP contribution >= 0.6 is 0 Å². The van der Waals surface area contributed by atoms with Gasteiger partial charge in [-0.15, -0.1) is 10.2 Å². The van der Waals surface area contributed by atoms with Crippen molar-refractivity contribution in [2.75, 3.05) is 18.0 Å². The van der Waals surface area contributed by atoms with Gasteiger partial charge in [-0.05, 0) is 49.7 Å². The molecule has 36 heavy (non-hydrogen) atoms. The van der Waals surface area contributed by atoms with Gasteiger partial charge in [0.25, 0.3) is 15.9 Å². The number of carbonyl (C=O) groups excluding carboxylic acids is 1. The molecule has 0 spiro atoms. The predicted molar refractivity (Wildman–Crippen MR) is 138 cm³/mol. The zero-order chi connectivity index (χ0) is 26.0. The van der Waals surface area contributed by atoms with Gasteiger partial charge in [-0.1, -0.05) is 42.0 Å². The lowest BCUT2D eigenvalue weighted by Gasteiger charge is -2.25. The highest BCUT2D eigenvalue weighted by Gasteiger charge is 2.30. The minimum Gasteiger partial charge on any atom is -0.495 e. The zero-order valence-electron chi connectivity index (χ0n) is 20.3. The molecular weight excluding hydrogens is 480 g/mol. The summed E-state index contributed by atoms with van der Waals surface area (Å²) >= 11 is 0. The van der Waals surface area contributed by atoms with Gasteiger partial charge in [0, 0.05) is 12.4 Å². The Balaban J connectivity index is 1.75. The molecule has 1 N–H and O–H groups in total. The molecule has 0 atom stereocenters. The number of carbonyl (C=O) groups is 1. The summed E-state index contributed by atoms with van der Waals surface area (Å²) in [5.41, 5.74) is 2.72. The van der Waals surface area contributed by atoms with E-state index in [2.05, 4.69) is 10.2 Å². The summed E-state index contributed by atoms with van der Waals surface area (Å²) in [6.07, 6.45) is 0. The lowest BCUT2D eigenvalue weighted by molar-refractivity contribution is -0.116. The Morgan fingerprint density at radius 2 is 1.69 bits per heavy atom. The van der Waals surface area contributed by atoms with Crippen LogP contribution in [0.5, 0.6) is 11.6 Å². The van der Waals surface area contributed by atoms with E-state index in [4.69, 9.17) is 4.74 Å². The van der Waals surface area contributed by atoms with E-state index in [-0.39, 0.29) is 27.9 Å². The van der Waals surface area contributed by atoms with Crippen molar-refractivity contribution in [1.82, 2.24) is 4.57 Å². The van der Waals surface area contributed by atoms with Crippen LogP contribution in [0.2, 0.25) is 0 Å². The Kier molecular flexibility index (Phi) is 6.80. The first-order valence-electron chi connectivity index (χ1n) is 11.1. The molecule has 1 amide bonds. The van der Waals surface area contributed by atoms with Crippen molar-refractivity contribution < 1.29 is 23.1 Å². The van der Waals surface area contributed by atoms with E-state index < -0.39 is 22.5 Å². The molecule has 9 nitrogen and oxygen atoms in total. The largest absolute Gasteiger partial charge is 0.495 e. The van der Waals surface area contributed by atoms with Crippen LogP contribution in [0.1, 0.15) is 11.1 Å². The fraction of sp³-hybridized carbons (Fsp3) is 0.192. The Morgan fingerprint density at radius 1 is 1.03 bits per heavy atom. The van der Waals surface area contributed by atoms with E-state index in [0.717, 1.165) is 15.4 Å². The predicted octanol–water partition coefficient (Wildman–Crippen LogP) is 5.02. The minimum atomic E-state index is -4.16. The van der Waals surface area contributed by atoms with Gasteiger partial charge in [-0.3, -0.25) is 9.10 Å². The van der Waals surface area contributed by atoms with Crippen molar-refractivity contribution >= 4 is 38.2 Å². The first kappa shape index (κ1) is 24.9. The van der Waals surface area contributed by atoms with E-state index >= 15 is 0 Å². The number of benzene rings is 3. The summed E-state index contributed by atoms with van der Waals surface area (Å²) < 4.78 is 35.2. The van der Waals surface area contributed by atoms with Gasteiger partial charge in [0.15, 0.2) is 5.69 Å². The highest BCUT2D eigenvalue weighted by molar-refractivity contribution is 7.92. The Labute approximate surface area is 209 Å². The SMILES string of the molecule is COc1ccc(C)cc1N(CC(=O)N=Nc1c(O)n(C)c2ccccc12)S(=O)(=O)c1ccc(C)cc1. The number of azo groups is 1. The second-order valence-corrected chi connectivity index (χ2v) is 10.2. The molecule has 0 aliphatic rings.